The first kappa shape index (κ1) is 11.4. The fourth-order valence-electron chi connectivity index (χ4n) is 2.13. The summed E-state index contributed by atoms with van der Waals surface area (Å²) in [4.78, 5) is 11.2. The lowest BCUT2D eigenvalue weighted by atomic mass is 9.64. The first-order valence-corrected chi connectivity index (χ1v) is 5.11. The molecule has 1 aliphatic rings. The van der Waals surface area contributed by atoms with Gasteiger partial charge in [0.15, 0.2) is 11.5 Å². The van der Waals surface area contributed by atoms with Gasteiger partial charge in [-0.1, -0.05) is 6.42 Å². The number of benzene rings is 1. The van der Waals surface area contributed by atoms with E-state index in [-0.39, 0.29) is 5.56 Å². The van der Waals surface area contributed by atoms with Gasteiger partial charge >= 0.3 is 5.97 Å². The van der Waals surface area contributed by atoms with E-state index < -0.39 is 34.4 Å². The van der Waals surface area contributed by atoms with Gasteiger partial charge in [0.1, 0.15) is 0 Å². The summed E-state index contributed by atoms with van der Waals surface area (Å²) >= 11 is 0. The molecule has 0 unspecified atom stereocenters. The molecule has 0 saturated heterocycles. The van der Waals surface area contributed by atoms with Gasteiger partial charge in [0, 0.05) is 5.56 Å². The van der Waals surface area contributed by atoms with Crippen LogP contribution in [0.25, 0.3) is 0 Å². The van der Waals surface area contributed by atoms with Crippen molar-refractivity contribution in [2.24, 2.45) is 0 Å². The fraction of sp³-hybridized carbons (Fsp3) is 0.364. The third-order valence-corrected chi connectivity index (χ3v) is 3.36. The number of hydrogen-bond acceptors (Lipinski definition) is 5. The van der Waals surface area contributed by atoms with Gasteiger partial charge in [0.2, 0.25) is 11.5 Å². The van der Waals surface area contributed by atoms with Gasteiger partial charge in [-0.05, 0) is 18.9 Å². The van der Waals surface area contributed by atoms with Crippen molar-refractivity contribution in [3.8, 4) is 23.0 Å². The predicted molar refractivity (Wildman–Crippen MR) is 56.3 cm³/mol. The predicted octanol–water partition coefficient (Wildman–Crippen LogP) is 1.02. The maximum Gasteiger partial charge on any atom is 0.314 e. The molecule has 0 aliphatic heterocycles. The van der Waals surface area contributed by atoms with Crippen molar-refractivity contribution in [3.63, 3.8) is 0 Å². The second-order valence-corrected chi connectivity index (χ2v) is 4.23. The molecule has 2 rings (SSSR count). The zero-order valence-corrected chi connectivity index (χ0v) is 8.84. The highest BCUT2D eigenvalue weighted by Gasteiger charge is 2.48. The monoisotopic (exact) mass is 240 g/mol. The molecule has 1 fully saturated rings. The minimum atomic E-state index is -1.28. The Balaban J connectivity index is 2.64. The Morgan fingerprint density at radius 1 is 1.06 bits per heavy atom. The summed E-state index contributed by atoms with van der Waals surface area (Å²) < 4.78 is 0. The zero-order chi connectivity index (χ0) is 12.8. The molecule has 0 bridgehead atoms. The van der Waals surface area contributed by atoms with Gasteiger partial charge in [0.05, 0.1) is 5.41 Å². The SMILES string of the molecule is O=C(O)C1(c2cc(O)c(O)c(O)c2O)CCC1. The molecule has 1 aliphatic carbocycles. The molecular formula is C11H12O6. The third kappa shape index (κ3) is 1.37. The van der Waals surface area contributed by atoms with Crippen molar-refractivity contribution in [1.82, 2.24) is 0 Å². The number of rotatable bonds is 2. The molecule has 0 spiro atoms. The molecule has 17 heavy (non-hydrogen) atoms. The highest BCUT2D eigenvalue weighted by atomic mass is 16.4. The lowest BCUT2D eigenvalue weighted by Crippen LogP contribution is -2.42. The first-order valence-electron chi connectivity index (χ1n) is 5.11. The average molecular weight is 240 g/mol. The van der Waals surface area contributed by atoms with E-state index in [2.05, 4.69) is 0 Å². The van der Waals surface area contributed by atoms with Crippen LogP contribution < -0.4 is 0 Å². The van der Waals surface area contributed by atoms with Crippen LogP contribution in [0.3, 0.4) is 0 Å². The summed E-state index contributed by atoms with van der Waals surface area (Å²) in [6.45, 7) is 0. The van der Waals surface area contributed by atoms with Crippen molar-refractivity contribution in [3.05, 3.63) is 11.6 Å². The second-order valence-electron chi connectivity index (χ2n) is 4.23. The topological polar surface area (TPSA) is 118 Å². The van der Waals surface area contributed by atoms with Gasteiger partial charge in [-0.2, -0.15) is 0 Å². The third-order valence-electron chi connectivity index (χ3n) is 3.36. The van der Waals surface area contributed by atoms with Crippen molar-refractivity contribution in [1.29, 1.82) is 0 Å². The maximum atomic E-state index is 11.2. The highest BCUT2D eigenvalue weighted by molar-refractivity contribution is 5.85. The minimum Gasteiger partial charge on any atom is -0.504 e. The number of aromatic hydroxyl groups is 4. The standard InChI is InChI=1S/C11H12O6/c12-6-4-5(7(13)9(15)8(6)14)11(10(16)17)2-1-3-11/h4,12-15H,1-3H2,(H,16,17). The largest absolute Gasteiger partial charge is 0.504 e. The lowest BCUT2D eigenvalue weighted by molar-refractivity contribution is -0.147. The number of carboxylic acid groups (broad SMARTS) is 1. The van der Waals surface area contributed by atoms with E-state index in [1.165, 1.54) is 0 Å². The Morgan fingerprint density at radius 2 is 1.65 bits per heavy atom. The molecule has 1 aromatic rings. The summed E-state index contributed by atoms with van der Waals surface area (Å²) in [5.74, 6) is -4.22. The summed E-state index contributed by atoms with van der Waals surface area (Å²) in [7, 11) is 0. The Bertz CT molecular complexity index is 489. The van der Waals surface area contributed by atoms with Crippen LogP contribution in [0.2, 0.25) is 0 Å². The Hall–Kier alpha value is -2.11. The maximum absolute atomic E-state index is 11.2. The second kappa shape index (κ2) is 3.44. The Morgan fingerprint density at radius 3 is 2.06 bits per heavy atom. The van der Waals surface area contributed by atoms with Crippen LogP contribution in [-0.2, 0) is 10.2 Å². The molecule has 5 N–H and O–H groups in total. The van der Waals surface area contributed by atoms with Crippen LogP contribution in [0, 0.1) is 0 Å². The van der Waals surface area contributed by atoms with E-state index in [0.717, 1.165) is 6.07 Å². The summed E-state index contributed by atoms with van der Waals surface area (Å²) in [5.41, 5.74) is -1.35. The van der Waals surface area contributed by atoms with Crippen molar-refractivity contribution in [2.75, 3.05) is 0 Å². The van der Waals surface area contributed by atoms with Gasteiger partial charge in [-0.15, -0.1) is 0 Å². The van der Waals surface area contributed by atoms with Crippen molar-refractivity contribution < 1.29 is 30.3 Å². The molecule has 1 aromatic carbocycles. The van der Waals surface area contributed by atoms with Gasteiger partial charge in [-0.3, -0.25) is 4.79 Å². The van der Waals surface area contributed by atoms with Crippen LogP contribution in [0.5, 0.6) is 23.0 Å². The van der Waals surface area contributed by atoms with E-state index in [9.17, 15) is 30.3 Å². The number of phenols is 4. The molecule has 0 amide bonds. The normalized spacial score (nSPS) is 17.4. The number of carbonyl (C=O) groups is 1. The average Bonchev–Trinajstić information content (AvgIpc) is 2.20. The van der Waals surface area contributed by atoms with Gasteiger partial charge < -0.3 is 25.5 Å². The molecule has 6 nitrogen and oxygen atoms in total. The van der Waals surface area contributed by atoms with Crippen LogP contribution >= 0.6 is 0 Å². The van der Waals surface area contributed by atoms with Crippen LogP contribution in [0.15, 0.2) is 6.07 Å². The van der Waals surface area contributed by atoms with E-state index in [1.807, 2.05) is 0 Å². The number of phenolic OH excluding ortho intramolecular Hbond substituents is 4. The summed E-state index contributed by atoms with van der Waals surface area (Å²) in [6, 6.07) is 0.984. The molecule has 0 heterocycles. The van der Waals surface area contributed by atoms with Crippen molar-refractivity contribution in [2.45, 2.75) is 24.7 Å². The highest BCUT2D eigenvalue weighted by Crippen LogP contribution is 2.53. The quantitative estimate of drug-likeness (QED) is 0.389. The molecule has 0 radical (unpaired) electrons. The zero-order valence-electron chi connectivity index (χ0n) is 8.84. The smallest absolute Gasteiger partial charge is 0.314 e. The molecule has 0 aromatic heterocycles. The molecular weight excluding hydrogens is 228 g/mol. The molecule has 6 heteroatoms. The molecule has 0 atom stereocenters. The van der Waals surface area contributed by atoms with E-state index in [0.29, 0.717) is 19.3 Å². The van der Waals surface area contributed by atoms with Crippen LogP contribution in [0.1, 0.15) is 24.8 Å². The van der Waals surface area contributed by atoms with Crippen LogP contribution in [0.4, 0.5) is 0 Å². The van der Waals surface area contributed by atoms with Crippen molar-refractivity contribution >= 4 is 5.97 Å². The van der Waals surface area contributed by atoms with E-state index in [1.54, 1.807) is 0 Å². The number of hydrogen-bond donors (Lipinski definition) is 5. The molecule has 92 valence electrons. The summed E-state index contributed by atoms with van der Waals surface area (Å²) in [5, 5.41) is 46.8. The first-order chi connectivity index (χ1) is 7.90. The minimum absolute atomic E-state index is 0.0657. The molecule has 1 saturated carbocycles. The van der Waals surface area contributed by atoms with E-state index in [4.69, 9.17) is 0 Å². The van der Waals surface area contributed by atoms with Gasteiger partial charge in [-0.25, -0.2) is 0 Å². The number of carboxylic acids is 1. The van der Waals surface area contributed by atoms with E-state index >= 15 is 0 Å². The summed E-state index contributed by atoms with van der Waals surface area (Å²) in [6.07, 6.45) is 1.33. The van der Waals surface area contributed by atoms with Gasteiger partial charge in [0.25, 0.3) is 0 Å². The Kier molecular flexibility index (Phi) is 2.30. The fourth-order valence-corrected chi connectivity index (χ4v) is 2.13. The Labute approximate surface area is 96.4 Å². The van der Waals surface area contributed by atoms with Crippen LogP contribution in [-0.4, -0.2) is 31.5 Å². The number of aliphatic carboxylic acids is 1. The lowest BCUT2D eigenvalue weighted by Gasteiger charge is -2.38.